The summed E-state index contributed by atoms with van der Waals surface area (Å²) in [5.74, 6) is 1.67. The smallest absolute Gasteiger partial charge is 0.134 e. The molecule has 4 nitrogen and oxygen atoms in total. The number of fused-ring (bicyclic) bond motifs is 1. The van der Waals surface area contributed by atoms with Crippen LogP contribution >= 0.6 is 0 Å². The number of pyridine rings is 1. The van der Waals surface area contributed by atoms with Crippen LogP contribution in [0.4, 0.5) is 5.82 Å². The van der Waals surface area contributed by atoms with Gasteiger partial charge in [-0.1, -0.05) is 6.07 Å². The van der Waals surface area contributed by atoms with E-state index < -0.39 is 0 Å². The summed E-state index contributed by atoms with van der Waals surface area (Å²) in [6.07, 6.45) is 1.81. The van der Waals surface area contributed by atoms with Gasteiger partial charge in [-0.2, -0.15) is 0 Å². The molecule has 2 aromatic rings. The van der Waals surface area contributed by atoms with Crippen LogP contribution in [0.25, 0.3) is 10.8 Å². The lowest BCUT2D eigenvalue weighted by Crippen LogP contribution is -2.36. The van der Waals surface area contributed by atoms with Gasteiger partial charge in [-0.25, -0.2) is 4.98 Å². The first kappa shape index (κ1) is 13.6. The second kappa shape index (κ2) is 5.45. The maximum absolute atomic E-state index is 5.27. The van der Waals surface area contributed by atoms with Gasteiger partial charge in [0.05, 0.1) is 19.3 Å². The Morgan fingerprint density at radius 3 is 2.68 bits per heavy atom. The Hall–Kier alpha value is -1.81. The molecule has 0 aliphatic rings. The Morgan fingerprint density at radius 2 is 2.00 bits per heavy atom. The van der Waals surface area contributed by atoms with Crippen LogP contribution < -0.4 is 10.1 Å². The number of methoxy groups -OCH3 is 2. The van der Waals surface area contributed by atoms with E-state index in [0.29, 0.717) is 6.61 Å². The number of anilines is 1. The molecule has 1 N–H and O–H groups in total. The van der Waals surface area contributed by atoms with E-state index in [4.69, 9.17) is 9.47 Å². The summed E-state index contributed by atoms with van der Waals surface area (Å²) >= 11 is 0. The van der Waals surface area contributed by atoms with Crippen molar-refractivity contribution in [2.45, 2.75) is 19.4 Å². The number of rotatable bonds is 5. The highest BCUT2D eigenvalue weighted by Crippen LogP contribution is 2.27. The standard InChI is InChI=1S/C15H20N2O2/c1-15(2,10-18-3)17-14-13-9-12(19-4)6-5-11(13)7-8-16-14/h5-9H,10H2,1-4H3,(H,16,17). The maximum atomic E-state index is 5.27. The molecule has 0 fully saturated rings. The first-order valence-electron chi connectivity index (χ1n) is 6.25. The fourth-order valence-corrected chi connectivity index (χ4v) is 2.09. The molecule has 1 aromatic carbocycles. The SMILES string of the molecule is COCC(C)(C)Nc1nccc2ccc(OC)cc12. The van der Waals surface area contributed by atoms with Gasteiger partial charge in [0.1, 0.15) is 11.6 Å². The number of nitrogens with one attached hydrogen (secondary N) is 1. The molecule has 0 aliphatic carbocycles. The Kier molecular flexibility index (Phi) is 3.90. The van der Waals surface area contributed by atoms with E-state index in [2.05, 4.69) is 24.1 Å². The van der Waals surface area contributed by atoms with Crippen LogP contribution in [-0.2, 0) is 4.74 Å². The number of hydrogen-bond donors (Lipinski definition) is 1. The summed E-state index contributed by atoms with van der Waals surface area (Å²) in [6.45, 7) is 4.77. The van der Waals surface area contributed by atoms with Crippen LogP contribution in [0.5, 0.6) is 5.75 Å². The molecule has 0 saturated heterocycles. The molecule has 2 rings (SSSR count). The fourth-order valence-electron chi connectivity index (χ4n) is 2.09. The highest BCUT2D eigenvalue weighted by atomic mass is 16.5. The number of nitrogens with zero attached hydrogens (tertiary/aromatic N) is 1. The van der Waals surface area contributed by atoms with E-state index in [9.17, 15) is 0 Å². The number of aromatic nitrogens is 1. The Balaban J connectivity index is 2.42. The molecule has 0 bridgehead atoms. The quantitative estimate of drug-likeness (QED) is 0.897. The predicted octanol–water partition coefficient (Wildman–Crippen LogP) is 3.08. The average Bonchev–Trinajstić information content (AvgIpc) is 2.38. The van der Waals surface area contributed by atoms with Gasteiger partial charge in [-0.15, -0.1) is 0 Å². The van der Waals surface area contributed by atoms with E-state index in [1.807, 2.05) is 24.3 Å². The molecule has 102 valence electrons. The summed E-state index contributed by atoms with van der Waals surface area (Å²) in [5.41, 5.74) is -0.181. The van der Waals surface area contributed by atoms with E-state index >= 15 is 0 Å². The zero-order chi connectivity index (χ0) is 13.9. The molecule has 0 radical (unpaired) electrons. The maximum Gasteiger partial charge on any atom is 0.134 e. The molecule has 0 unspecified atom stereocenters. The first-order chi connectivity index (χ1) is 9.05. The minimum absolute atomic E-state index is 0.181. The molecular weight excluding hydrogens is 240 g/mol. The van der Waals surface area contributed by atoms with Crippen molar-refractivity contribution in [2.24, 2.45) is 0 Å². The number of hydrogen-bond acceptors (Lipinski definition) is 4. The van der Waals surface area contributed by atoms with E-state index in [0.717, 1.165) is 22.3 Å². The first-order valence-corrected chi connectivity index (χ1v) is 6.25. The van der Waals surface area contributed by atoms with Gasteiger partial charge in [0.25, 0.3) is 0 Å². The third kappa shape index (κ3) is 3.15. The van der Waals surface area contributed by atoms with Crippen molar-refractivity contribution in [1.29, 1.82) is 0 Å². The molecular formula is C15H20N2O2. The van der Waals surface area contributed by atoms with Crippen LogP contribution in [0.15, 0.2) is 30.5 Å². The van der Waals surface area contributed by atoms with Gasteiger partial charge < -0.3 is 14.8 Å². The van der Waals surface area contributed by atoms with Crippen LogP contribution in [0.1, 0.15) is 13.8 Å². The largest absolute Gasteiger partial charge is 0.497 e. The van der Waals surface area contributed by atoms with E-state index in [-0.39, 0.29) is 5.54 Å². The monoisotopic (exact) mass is 260 g/mol. The lowest BCUT2D eigenvalue weighted by atomic mass is 10.1. The van der Waals surface area contributed by atoms with Crippen molar-refractivity contribution in [1.82, 2.24) is 4.98 Å². The minimum atomic E-state index is -0.181. The summed E-state index contributed by atoms with van der Waals surface area (Å²) in [4.78, 5) is 4.43. The van der Waals surface area contributed by atoms with Gasteiger partial charge in [-0.05, 0) is 37.4 Å². The van der Waals surface area contributed by atoms with Gasteiger partial charge in [0.15, 0.2) is 0 Å². The molecule has 4 heteroatoms. The molecule has 0 aliphatic heterocycles. The van der Waals surface area contributed by atoms with Gasteiger partial charge in [0.2, 0.25) is 0 Å². The van der Waals surface area contributed by atoms with E-state index in [1.54, 1.807) is 20.4 Å². The van der Waals surface area contributed by atoms with Crippen molar-refractivity contribution in [3.63, 3.8) is 0 Å². The van der Waals surface area contributed by atoms with Crippen LogP contribution in [0, 0.1) is 0 Å². The Bertz CT molecular complexity index is 567. The zero-order valence-corrected chi connectivity index (χ0v) is 11.9. The number of ether oxygens (including phenoxy) is 2. The lowest BCUT2D eigenvalue weighted by molar-refractivity contribution is 0.158. The van der Waals surface area contributed by atoms with Crippen LogP contribution in [0.3, 0.4) is 0 Å². The third-order valence-electron chi connectivity index (χ3n) is 2.94. The van der Waals surface area contributed by atoms with E-state index in [1.165, 1.54) is 0 Å². The summed E-state index contributed by atoms with van der Waals surface area (Å²) in [6, 6.07) is 7.97. The van der Waals surface area contributed by atoms with Crippen LogP contribution in [0.2, 0.25) is 0 Å². The third-order valence-corrected chi connectivity index (χ3v) is 2.94. The summed E-state index contributed by atoms with van der Waals surface area (Å²) in [7, 11) is 3.36. The normalized spacial score (nSPS) is 11.6. The second-order valence-electron chi connectivity index (χ2n) is 5.19. The highest BCUT2D eigenvalue weighted by Gasteiger charge is 2.18. The molecule has 0 saturated carbocycles. The van der Waals surface area contributed by atoms with Crippen molar-refractivity contribution < 1.29 is 9.47 Å². The van der Waals surface area contributed by atoms with Gasteiger partial charge >= 0.3 is 0 Å². The zero-order valence-electron chi connectivity index (χ0n) is 11.9. The second-order valence-corrected chi connectivity index (χ2v) is 5.19. The molecule has 1 aromatic heterocycles. The van der Waals surface area contributed by atoms with Crippen LogP contribution in [-0.4, -0.2) is 31.3 Å². The average molecular weight is 260 g/mol. The number of benzene rings is 1. The molecule has 0 spiro atoms. The highest BCUT2D eigenvalue weighted by molar-refractivity contribution is 5.93. The molecule has 19 heavy (non-hydrogen) atoms. The van der Waals surface area contributed by atoms with Gasteiger partial charge in [-0.3, -0.25) is 0 Å². The van der Waals surface area contributed by atoms with Crippen molar-refractivity contribution in [3.8, 4) is 5.75 Å². The topological polar surface area (TPSA) is 43.4 Å². The molecule has 0 atom stereocenters. The minimum Gasteiger partial charge on any atom is -0.497 e. The van der Waals surface area contributed by atoms with Crippen molar-refractivity contribution in [3.05, 3.63) is 30.5 Å². The van der Waals surface area contributed by atoms with Gasteiger partial charge in [0, 0.05) is 18.7 Å². The molecule has 1 heterocycles. The van der Waals surface area contributed by atoms with Crippen molar-refractivity contribution >= 4 is 16.6 Å². The summed E-state index contributed by atoms with van der Waals surface area (Å²) < 4.78 is 10.5. The fraction of sp³-hybridized carbons (Fsp3) is 0.400. The Labute approximate surface area is 113 Å². The Morgan fingerprint density at radius 1 is 1.21 bits per heavy atom. The summed E-state index contributed by atoms with van der Waals surface area (Å²) in [5, 5.41) is 5.60. The lowest BCUT2D eigenvalue weighted by Gasteiger charge is -2.26. The molecule has 0 amide bonds. The van der Waals surface area contributed by atoms with Crippen molar-refractivity contribution in [2.75, 3.05) is 26.1 Å². The predicted molar refractivity (Wildman–Crippen MR) is 77.9 cm³/mol.